The van der Waals surface area contributed by atoms with Gasteiger partial charge in [0, 0.05) is 25.0 Å². The van der Waals surface area contributed by atoms with Gasteiger partial charge in [0.1, 0.15) is 8.42 Å². The third-order valence-electron chi connectivity index (χ3n) is 5.79. The topological polar surface area (TPSA) is 8.29 Å². The number of aryl methyl sites for hydroxylation is 4. The molecule has 2 heteroatoms. The highest BCUT2D eigenvalue weighted by atomic mass is 15.0. The summed E-state index contributed by atoms with van der Waals surface area (Å²) >= 11 is 0. The molecule has 0 N–H and O–H groups in total. The van der Waals surface area contributed by atoms with Crippen molar-refractivity contribution >= 4 is 49.0 Å². The van der Waals surface area contributed by atoms with Crippen LogP contribution in [0.25, 0.3) is 49.0 Å². The minimum Gasteiger partial charge on any atom is -0.307 e. The molecule has 3 aromatic heterocycles. The van der Waals surface area contributed by atoms with Crippen molar-refractivity contribution in [2.75, 3.05) is 0 Å². The first-order chi connectivity index (χ1) is 16.3. The maximum Gasteiger partial charge on any atom is 0.224 e. The molecule has 2 nitrogen and oxygen atoms in total. The van der Waals surface area contributed by atoms with Crippen molar-refractivity contribution in [3.8, 4) is 0 Å². The Kier molecular flexibility index (Phi) is 1.62. The molecule has 0 bridgehead atoms. The Balaban J connectivity index is 2.14. The number of pyridine rings is 2. The van der Waals surface area contributed by atoms with Crippen LogP contribution < -0.4 is 4.57 Å². The zero-order valence-corrected chi connectivity index (χ0v) is 14.9. The Morgan fingerprint density at radius 1 is 0.963 bits per heavy atom. The number of aromatic nitrogens is 2. The molecule has 3 aromatic carbocycles. The van der Waals surface area contributed by atoms with E-state index in [2.05, 4.69) is 0 Å². The second kappa shape index (κ2) is 4.77. The first-order valence-corrected chi connectivity index (χ1v) is 8.88. The maximum absolute atomic E-state index is 8.65. The van der Waals surface area contributed by atoms with Crippen LogP contribution in [-0.2, 0) is 7.05 Å². The predicted molar refractivity (Wildman–Crippen MR) is 114 cm³/mol. The van der Waals surface area contributed by atoms with Crippen molar-refractivity contribution in [3.63, 3.8) is 0 Å². The molecule has 0 radical (unpaired) electrons. The smallest absolute Gasteiger partial charge is 0.224 e. The number of rotatable bonds is 0. The summed E-state index contributed by atoms with van der Waals surface area (Å²) in [6.07, 6.45) is -0.0310. The number of hydrogen-bond donors (Lipinski definition) is 0. The van der Waals surface area contributed by atoms with Crippen molar-refractivity contribution in [1.29, 1.82) is 0 Å². The number of para-hydroxylation sites is 1. The van der Waals surface area contributed by atoms with E-state index in [1.54, 1.807) is 18.5 Å². The number of benzene rings is 3. The summed E-state index contributed by atoms with van der Waals surface area (Å²) in [6, 6.07) is 12.8. The molecular weight excluding hydrogens is 328 g/mol. The molecule has 0 aliphatic carbocycles. The Morgan fingerprint density at radius 3 is 2.67 bits per heavy atom. The van der Waals surface area contributed by atoms with Gasteiger partial charge in [0.25, 0.3) is 0 Å². The third-order valence-corrected chi connectivity index (χ3v) is 5.79. The SMILES string of the molecule is [2H]c1c([2H])[n+](C)c2c3c(C)c(C([2H])([2H])[2H])cc(C([2H])([2H])[2H])c3n3c4ccccc4c4ccc1c2c43. The minimum atomic E-state index is -2.58. The van der Waals surface area contributed by atoms with Gasteiger partial charge >= 0.3 is 0 Å². The Bertz CT molecular complexity index is 1860. The highest BCUT2D eigenvalue weighted by Gasteiger charge is 2.24. The lowest BCUT2D eigenvalue weighted by molar-refractivity contribution is -0.643. The van der Waals surface area contributed by atoms with E-state index in [0.29, 0.717) is 27.4 Å². The molecule has 6 rings (SSSR count). The van der Waals surface area contributed by atoms with Gasteiger partial charge in [0.15, 0.2) is 6.17 Å². The van der Waals surface area contributed by atoms with E-state index in [4.69, 9.17) is 11.0 Å². The van der Waals surface area contributed by atoms with E-state index in [9.17, 15) is 0 Å². The molecule has 0 atom stereocenters. The zero-order chi connectivity index (χ0) is 25.2. The lowest BCUT2D eigenvalue weighted by Crippen LogP contribution is -2.29. The molecule has 0 saturated heterocycles. The standard InChI is InChI=1S/C25H21N2/c1-14-13-15(2)23-21(16(14)3)25-22-17(11-12-26(25)4)9-10-19-18-7-5-6-8-20(18)27(23)24(19)22/h5-13H,1-4H3/q+1/i1D3,2D3,11D,12D. The van der Waals surface area contributed by atoms with Gasteiger partial charge in [0.2, 0.25) is 5.52 Å². The Hall–Kier alpha value is -3.13. The zero-order valence-electron chi connectivity index (χ0n) is 22.9. The highest BCUT2D eigenvalue weighted by molar-refractivity contribution is 6.27. The van der Waals surface area contributed by atoms with Gasteiger partial charge in [-0.2, -0.15) is 0 Å². The molecule has 0 aliphatic heterocycles. The molecule has 0 amide bonds. The summed E-state index contributed by atoms with van der Waals surface area (Å²) in [4.78, 5) is 0. The Labute approximate surface area is 168 Å². The molecule has 27 heavy (non-hydrogen) atoms. The summed E-state index contributed by atoms with van der Waals surface area (Å²) in [7, 11) is 1.67. The van der Waals surface area contributed by atoms with Crippen LogP contribution in [0, 0.1) is 20.6 Å². The maximum atomic E-state index is 8.65. The molecule has 0 spiro atoms. The van der Waals surface area contributed by atoms with E-state index in [1.807, 2.05) is 40.8 Å². The average Bonchev–Trinajstić information content (AvgIpc) is 3.12. The molecule has 130 valence electrons. The first-order valence-electron chi connectivity index (χ1n) is 12.9. The largest absolute Gasteiger partial charge is 0.307 e. The molecule has 3 heterocycles. The quantitative estimate of drug-likeness (QED) is 0.186. The van der Waals surface area contributed by atoms with E-state index < -0.39 is 13.7 Å². The van der Waals surface area contributed by atoms with Crippen molar-refractivity contribution < 1.29 is 15.5 Å². The Morgan fingerprint density at radius 2 is 1.81 bits per heavy atom. The van der Waals surface area contributed by atoms with Crippen LogP contribution in [-0.4, -0.2) is 4.40 Å². The van der Waals surface area contributed by atoms with E-state index in [-0.39, 0.29) is 23.3 Å². The molecule has 6 aromatic rings. The number of hydrogen-bond acceptors (Lipinski definition) is 0. The molecule has 0 aliphatic rings. The van der Waals surface area contributed by atoms with E-state index in [1.165, 1.54) is 6.07 Å². The lowest BCUT2D eigenvalue weighted by atomic mass is 9.95. The predicted octanol–water partition coefficient (Wildman–Crippen LogP) is 5.74. The van der Waals surface area contributed by atoms with Crippen LogP contribution in [0.4, 0.5) is 0 Å². The van der Waals surface area contributed by atoms with Crippen LogP contribution in [0.2, 0.25) is 0 Å². The monoisotopic (exact) mass is 357 g/mol. The van der Waals surface area contributed by atoms with Gasteiger partial charge in [-0.15, -0.1) is 0 Å². The van der Waals surface area contributed by atoms with Gasteiger partial charge < -0.3 is 4.40 Å². The van der Waals surface area contributed by atoms with Crippen LogP contribution in [0.5, 0.6) is 0 Å². The van der Waals surface area contributed by atoms with E-state index in [0.717, 1.165) is 27.2 Å². The fraction of sp³-hybridized carbons (Fsp3) is 0.160. The van der Waals surface area contributed by atoms with Crippen molar-refractivity contribution in [1.82, 2.24) is 4.40 Å². The normalized spacial score (nSPS) is 17.7. The van der Waals surface area contributed by atoms with Gasteiger partial charge in [0.05, 0.1) is 28.7 Å². The number of fused-ring (bicyclic) bond motifs is 6. The first kappa shape index (κ1) is 9.18. The summed E-state index contributed by atoms with van der Waals surface area (Å²) in [5, 5.41) is 3.61. The van der Waals surface area contributed by atoms with Gasteiger partial charge in [-0.3, -0.25) is 0 Å². The van der Waals surface area contributed by atoms with Crippen molar-refractivity contribution in [3.05, 3.63) is 71.4 Å². The van der Waals surface area contributed by atoms with Crippen LogP contribution in [0.15, 0.2) is 54.7 Å². The molecule has 0 saturated carbocycles. The van der Waals surface area contributed by atoms with Gasteiger partial charge in [-0.25, -0.2) is 4.57 Å². The van der Waals surface area contributed by atoms with Crippen LogP contribution in [0.1, 0.15) is 27.7 Å². The number of nitrogens with zero attached hydrogens (tertiary/aromatic N) is 2. The summed E-state index contributed by atoms with van der Waals surface area (Å²) in [6.45, 7) is -3.41. The molecule has 0 fully saturated rings. The average molecular weight is 358 g/mol. The molecular formula is C25H21N2+. The second-order valence-corrected chi connectivity index (χ2v) is 7.20. The molecule has 0 unspecified atom stereocenters. The lowest BCUT2D eigenvalue weighted by Gasteiger charge is -2.16. The highest BCUT2D eigenvalue weighted by Crippen LogP contribution is 2.41. The summed E-state index contributed by atoms with van der Waals surface area (Å²) in [5.74, 6) is 0. The van der Waals surface area contributed by atoms with Gasteiger partial charge in [-0.05, 0) is 48.8 Å². The fourth-order valence-electron chi connectivity index (χ4n) is 4.58. The third kappa shape index (κ3) is 1.64. The second-order valence-electron chi connectivity index (χ2n) is 7.20. The summed E-state index contributed by atoms with van der Waals surface area (Å²) < 4.78 is 70.2. The summed E-state index contributed by atoms with van der Waals surface area (Å²) in [5.41, 5.74) is 2.92. The van der Waals surface area contributed by atoms with Crippen molar-refractivity contribution in [2.45, 2.75) is 20.6 Å². The van der Waals surface area contributed by atoms with Crippen LogP contribution >= 0.6 is 0 Å². The minimum absolute atomic E-state index is 0.0240. The van der Waals surface area contributed by atoms with Crippen LogP contribution in [0.3, 0.4) is 0 Å². The van der Waals surface area contributed by atoms with Crippen molar-refractivity contribution in [2.24, 2.45) is 7.05 Å². The van der Waals surface area contributed by atoms with E-state index >= 15 is 0 Å². The fourth-order valence-corrected chi connectivity index (χ4v) is 4.58. The van der Waals surface area contributed by atoms with Gasteiger partial charge in [-0.1, -0.05) is 36.4 Å².